The number of rotatable bonds is 6. The van der Waals surface area contributed by atoms with E-state index in [0.29, 0.717) is 26.4 Å². The average molecular weight is 227 g/mol. The summed E-state index contributed by atoms with van der Waals surface area (Å²) in [5.41, 5.74) is 5.32. The van der Waals surface area contributed by atoms with Crippen molar-refractivity contribution < 1.29 is 13.9 Å². The maximum absolute atomic E-state index is 5.52. The first-order valence-electron chi connectivity index (χ1n) is 5.50. The molecule has 1 heterocycles. The van der Waals surface area contributed by atoms with E-state index in [-0.39, 0.29) is 5.60 Å². The summed E-state index contributed by atoms with van der Waals surface area (Å²) < 4.78 is 16.3. The summed E-state index contributed by atoms with van der Waals surface area (Å²) in [7, 11) is 0. The molecule has 92 valence electrons. The Bertz CT molecular complexity index is 301. The maximum atomic E-state index is 5.52. The highest BCUT2D eigenvalue weighted by atomic mass is 16.5. The van der Waals surface area contributed by atoms with E-state index < -0.39 is 0 Å². The minimum absolute atomic E-state index is 0.110. The molecule has 0 aliphatic rings. The highest BCUT2D eigenvalue weighted by molar-refractivity contribution is 5.05. The first-order chi connectivity index (χ1) is 7.51. The van der Waals surface area contributed by atoms with E-state index in [1.165, 1.54) is 0 Å². The van der Waals surface area contributed by atoms with Crippen molar-refractivity contribution in [3.8, 4) is 0 Å². The van der Waals surface area contributed by atoms with E-state index in [4.69, 9.17) is 19.6 Å². The molecule has 4 nitrogen and oxygen atoms in total. The van der Waals surface area contributed by atoms with Crippen LogP contribution in [0.2, 0.25) is 0 Å². The molecule has 0 aromatic carbocycles. The molecule has 0 aliphatic carbocycles. The monoisotopic (exact) mass is 227 g/mol. The third-order valence-corrected chi connectivity index (χ3v) is 1.93. The van der Waals surface area contributed by atoms with Gasteiger partial charge in [0, 0.05) is 0 Å². The zero-order valence-electron chi connectivity index (χ0n) is 10.3. The molecule has 0 saturated heterocycles. The lowest BCUT2D eigenvalue weighted by Gasteiger charge is -2.19. The Morgan fingerprint density at radius 2 is 1.88 bits per heavy atom. The number of ether oxygens (including phenoxy) is 2. The molecule has 2 N–H and O–H groups in total. The van der Waals surface area contributed by atoms with Crippen LogP contribution in [0.5, 0.6) is 0 Å². The van der Waals surface area contributed by atoms with E-state index in [1.807, 2.05) is 32.9 Å². The van der Waals surface area contributed by atoms with Crippen LogP contribution in [0.25, 0.3) is 0 Å². The number of nitrogens with two attached hydrogens (primary N) is 1. The molecule has 0 saturated carbocycles. The van der Waals surface area contributed by atoms with Gasteiger partial charge in [-0.05, 0) is 32.9 Å². The van der Waals surface area contributed by atoms with Crippen molar-refractivity contribution in [2.45, 2.75) is 39.5 Å². The van der Waals surface area contributed by atoms with Gasteiger partial charge < -0.3 is 19.6 Å². The lowest BCUT2D eigenvalue weighted by molar-refractivity contribution is -0.0395. The van der Waals surface area contributed by atoms with Crippen molar-refractivity contribution in [1.29, 1.82) is 0 Å². The van der Waals surface area contributed by atoms with E-state index in [1.54, 1.807) is 0 Å². The Morgan fingerprint density at radius 1 is 1.19 bits per heavy atom. The van der Waals surface area contributed by atoms with E-state index in [0.717, 1.165) is 11.5 Å². The summed E-state index contributed by atoms with van der Waals surface area (Å²) in [6.45, 7) is 8.11. The lowest BCUT2D eigenvalue weighted by Crippen LogP contribution is -2.21. The molecule has 0 unspecified atom stereocenters. The normalized spacial score (nSPS) is 12.0. The molecule has 4 heteroatoms. The van der Waals surface area contributed by atoms with E-state index in [9.17, 15) is 0 Å². The van der Waals surface area contributed by atoms with Crippen LogP contribution in [-0.4, -0.2) is 18.8 Å². The molecule has 0 aliphatic heterocycles. The number of hydrogen-bond acceptors (Lipinski definition) is 4. The van der Waals surface area contributed by atoms with Crippen LogP contribution in [0.4, 0.5) is 0 Å². The summed E-state index contributed by atoms with van der Waals surface area (Å²) in [6.07, 6.45) is 0. The second-order valence-corrected chi connectivity index (χ2v) is 4.59. The fourth-order valence-corrected chi connectivity index (χ4v) is 1.19. The van der Waals surface area contributed by atoms with E-state index >= 15 is 0 Å². The van der Waals surface area contributed by atoms with Gasteiger partial charge in [0.2, 0.25) is 0 Å². The van der Waals surface area contributed by atoms with Crippen LogP contribution >= 0.6 is 0 Å². The minimum atomic E-state index is -0.110. The van der Waals surface area contributed by atoms with E-state index in [2.05, 4.69) is 0 Å². The van der Waals surface area contributed by atoms with Gasteiger partial charge in [-0.3, -0.25) is 0 Å². The second-order valence-electron chi connectivity index (χ2n) is 4.59. The largest absolute Gasteiger partial charge is 0.462 e. The van der Waals surface area contributed by atoms with Gasteiger partial charge in [0.25, 0.3) is 0 Å². The molecule has 1 rings (SSSR count). The Kier molecular flexibility index (Phi) is 4.99. The van der Waals surface area contributed by atoms with Gasteiger partial charge in [-0.25, -0.2) is 0 Å². The Labute approximate surface area is 96.7 Å². The molecule has 0 radical (unpaired) electrons. The lowest BCUT2D eigenvalue weighted by atomic mass is 10.2. The highest BCUT2D eigenvalue weighted by Crippen LogP contribution is 2.09. The zero-order valence-corrected chi connectivity index (χ0v) is 10.3. The smallest absolute Gasteiger partial charge is 0.129 e. The van der Waals surface area contributed by atoms with Crippen molar-refractivity contribution in [3.63, 3.8) is 0 Å². The number of hydrogen-bond donors (Lipinski definition) is 1. The van der Waals surface area contributed by atoms with Crippen LogP contribution < -0.4 is 5.73 Å². The molecule has 0 fully saturated rings. The SMILES string of the molecule is CC(C)(C)OCCOCc1ccc(CN)o1. The van der Waals surface area contributed by atoms with Gasteiger partial charge in [-0.1, -0.05) is 0 Å². The fourth-order valence-electron chi connectivity index (χ4n) is 1.19. The molecule has 1 aromatic heterocycles. The van der Waals surface area contributed by atoms with Gasteiger partial charge in [0.05, 0.1) is 25.4 Å². The van der Waals surface area contributed by atoms with Crippen LogP contribution in [0.1, 0.15) is 32.3 Å². The minimum Gasteiger partial charge on any atom is -0.462 e. The molecule has 16 heavy (non-hydrogen) atoms. The first kappa shape index (κ1) is 13.2. The Balaban J connectivity index is 2.11. The van der Waals surface area contributed by atoms with Crippen LogP contribution in [-0.2, 0) is 22.6 Å². The van der Waals surface area contributed by atoms with Crippen LogP contribution in [0.3, 0.4) is 0 Å². The summed E-state index contributed by atoms with van der Waals surface area (Å²) in [5, 5.41) is 0. The Morgan fingerprint density at radius 3 is 2.44 bits per heavy atom. The van der Waals surface area contributed by atoms with Gasteiger partial charge in [0.15, 0.2) is 0 Å². The molecule has 0 bridgehead atoms. The van der Waals surface area contributed by atoms with Crippen molar-refractivity contribution in [2.75, 3.05) is 13.2 Å². The average Bonchev–Trinajstić information content (AvgIpc) is 2.63. The van der Waals surface area contributed by atoms with Crippen molar-refractivity contribution in [2.24, 2.45) is 5.73 Å². The van der Waals surface area contributed by atoms with Gasteiger partial charge >= 0.3 is 0 Å². The summed E-state index contributed by atoms with van der Waals surface area (Å²) in [5.74, 6) is 1.58. The van der Waals surface area contributed by atoms with Crippen molar-refractivity contribution in [3.05, 3.63) is 23.7 Å². The molecule has 0 spiro atoms. The topological polar surface area (TPSA) is 57.6 Å². The number of furan rings is 1. The first-order valence-corrected chi connectivity index (χ1v) is 5.50. The standard InChI is InChI=1S/C12H21NO3/c1-12(2,3)15-7-6-14-9-11-5-4-10(8-13)16-11/h4-5H,6-9,13H2,1-3H3. The Hall–Kier alpha value is -0.840. The highest BCUT2D eigenvalue weighted by Gasteiger charge is 2.09. The third-order valence-electron chi connectivity index (χ3n) is 1.93. The second kappa shape index (κ2) is 6.03. The molecule has 1 aromatic rings. The quantitative estimate of drug-likeness (QED) is 0.756. The predicted molar refractivity (Wildman–Crippen MR) is 62.0 cm³/mol. The van der Waals surface area contributed by atoms with Gasteiger partial charge in [-0.15, -0.1) is 0 Å². The molecule has 0 amide bonds. The predicted octanol–water partition coefficient (Wildman–Crippen LogP) is 2.07. The zero-order chi connectivity index (χ0) is 12.0. The van der Waals surface area contributed by atoms with Gasteiger partial charge in [-0.2, -0.15) is 0 Å². The summed E-state index contributed by atoms with van der Waals surface area (Å²) in [4.78, 5) is 0. The molecular weight excluding hydrogens is 206 g/mol. The van der Waals surface area contributed by atoms with Crippen molar-refractivity contribution in [1.82, 2.24) is 0 Å². The van der Waals surface area contributed by atoms with Crippen LogP contribution in [0.15, 0.2) is 16.5 Å². The summed E-state index contributed by atoms with van der Waals surface area (Å²) in [6, 6.07) is 3.75. The fraction of sp³-hybridized carbons (Fsp3) is 0.667. The van der Waals surface area contributed by atoms with Crippen LogP contribution in [0, 0.1) is 0 Å². The summed E-state index contributed by atoms with van der Waals surface area (Å²) >= 11 is 0. The van der Waals surface area contributed by atoms with Crippen molar-refractivity contribution >= 4 is 0 Å². The molecular formula is C12H21NO3. The third kappa shape index (κ3) is 5.30. The maximum Gasteiger partial charge on any atom is 0.129 e. The van der Waals surface area contributed by atoms with Gasteiger partial charge in [0.1, 0.15) is 18.1 Å². The molecule has 0 atom stereocenters.